The highest BCUT2D eigenvalue weighted by molar-refractivity contribution is 5.95. The van der Waals surface area contributed by atoms with Crippen LogP contribution >= 0.6 is 0 Å². The second-order valence-corrected chi connectivity index (χ2v) is 5.99. The highest BCUT2D eigenvalue weighted by atomic mass is 16.4. The maximum absolute atomic E-state index is 11.8. The van der Waals surface area contributed by atoms with Crippen molar-refractivity contribution in [2.24, 2.45) is 0 Å². The molecule has 7 nitrogen and oxygen atoms in total. The van der Waals surface area contributed by atoms with Crippen LogP contribution in [0.5, 0.6) is 0 Å². The number of aliphatic carboxylic acids is 1. The first kappa shape index (κ1) is 15.8. The molecule has 2 heterocycles. The lowest BCUT2D eigenvalue weighted by Crippen LogP contribution is -2.56. The number of carboxylic acids is 1. The van der Waals surface area contributed by atoms with E-state index in [1.165, 1.54) is 6.42 Å². The molecule has 2 bridgehead atoms. The first-order valence-corrected chi connectivity index (χ1v) is 7.49. The van der Waals surface area contributed by atoms with Crippen LogP contribution in [0.1, 0.15) is 44.9 Å². The smallest absolute Gasteiger partial charge is 0.321 e. The minimum Gasteiger partial charge on any atom is -0.481 e. The average molecular weight is 297 g/mol. The van der Waals surface area contributed by atoms with Gasteiger partial charge in [-0.05, 0) is 32.7 Å². The number of fused-ring (bicyclic) bond motifs is 2. The summed E-state index contributed by atoms with van der Waals surface area (Å²) in [6, 6.07) is 0.581. The van der Waals surface area contributed by atoms with Gasteiger partial charge in [0, 0.05) is 24.5 Å². The molecule has 7 heteroatoms. The third-order valence-corrected chi connectivity index (χ3v) is 4.49. The van der Waals surface area contributed by atoms with Gasteiger partial charge in [0.05, 0.1) is 6.42 Å². The maximum atomic E-state index is 11.8. The Kier molecular flexibility index (Phi) is 5.17. The topological polar surface area (TPSA) is 98.7 Å². The first-order chi connectivity index (χ1) is 9.95. The zero-order valence-corrected chi connectivity index (χ0v) is 12.3. The zero-order valence-electron chi connectivity index (χ0n) is 12.3. The Labute approximate surface area is 124 Å². The van der Waals surface area contributed by atoms with Gasteiger partial charge in [-0.2, -0.15) is 0 Å². The zero-order chi connectivity index (χ0) is 15.4. The highest BCUT2D eigenvalue weighted by Crippen LogP contribution is 2.32. The third-order valence-electron chi connectivity index (χ3n) is 4.49. The summed E-state index contributed by atoms with van der Waals surface area (Å²) in [4.78, 5) is 35.9. The fourth-order valence-corrected chi connectivity index (χ4v) is 3.36. The lowest BCUT2D eigenvalue weighted by Gasteiger charge is -2.47. The molecule has 0 saturated carbocycles. The number of imide groups is 1. The lowest BCUT2D eigenvalue weighted by molar-refractivity contribution is -0.138. The number of carbonyl (C=O) groups is 3. The number of nitrogens with zero attached hydrogens (tertiary/aromatic N) is 1. The molecule has 2 fully saturated rings. The molecule has 0 aromatic rings. The highest BCUT2D eigenvalue weighted by Gasteiger charge is 2.36. The summed E-state index contributed by atoms with van der Waals surface area (Å²) >= 11 is 0. The molecule has 0 aliphatic carbocycles. The molecule has 2 atom stereocenters. The summed E-state index contributed by atoms with van der Waals surface area (Å²) in [5.74, 6) is -1.60. The largest absolute Gasteiger partial charge is 0.481 e. The van der Waals surface area contributed by atoms with E-state index < -0.39 is 17.9 Å². The van der Waals surface area contributed by atoms with Crippen molar-refractivity contribution < 1.29 is 19.5 Å². The molecule has 0 aromatic carbocycles. The van der Waals surface area contributed by atoms with Crippen molar-refractivity contribution in [3.63, 3.8) is 0 Å². The Morgan fingerprint density at radius 1 is 1.14 bits per heavy atom. The van der Waals surface area contributed by atoms with E-state index in [0.29, 0.717) is 12.1 Å². The van der Waals surface area contributed by atoms with E-state index in [2.05, 4.69) is 22.6 Å². The van der Waals surface area contributed by atoms with Gasteiger partial charge in [-0.1, -0.05) is 6.42 Å². The van der Waals surface area contributed by atoms with Crippen LogP contribution < -0.4 is 10.6 Å². The number of hydrogen-bond acceptors (Lipinski definition) is 4. The molecule has 2 aliphatic rings. The number of carbonyl (C=O) groups excluding carboxylic acids is 2. The van der Waals surface area contributed by atoms with Gasteiger partial charge >= 0.3 is 12.0 Å². The molecule has 2 aliphatic heterocycles. The molecule has 0 radical (unpaired) electrons. The predicted molar refractivity (Wildman–Crippen MR) is 75.8 cm³/mol. The van der Waals surface area contributed by atoms with E-state index in [0.717, 1.165) is 25.7 Å². The second kappa shape index (κ2) is 6.89. The predicted octanol–water partition coefficient (Wildman–Crippen LogP) is 0.692. The van der Waals surface area contributed by atoms with E-state index in [1.54, 1.807) is 0 Å². The van der Waals surface area contributed by atoms with Crippen LogP contribution in [0.25, 0.3) is 0 Å². The number of amides is 3. The number of rotatable bonds is 4. The van der Waals surface area contributed by atoms with Crippen molar-refractivity contribution in [3.8, 4) is 0 Å². The minimum atomic E-state index is -1.05. The standard InChI is InChI=1S/C14H23N3O4/c1-17-10-3-2-4-11(17)8-9(7-10)15-14(21)16-12(18)5-6-13(19)20/h9-11H,2-8H2,1H3,(H,19,20)(H2,15,16,18,21). The van der Waals surface area contributed by atoms with E-state index in [1.807, 2.05) is 0 Å². The molecule has 0 aromatic heterocycles. The Hall–Kier alpha value is -1.63. The molecule has 2 rings (SSSR count). The van der Waals surface area contributed by atoms with Crippen molar-refractivity contribution in [3.05, 3.63) is 0 Å². The van der Waals surface area contributed by atoms with E-state index >= 15 is 0 Å². The van der Waals surface area contributed by atoms with Crippen molar-refractivity contribution in [2.45, 2.75) is 63.1 Å². The Balaban J connectivity index is 1.75. The number of piperidine rings is 2. The van der Waals surface area contributed by atoms with Crippen LogP contribution in [0.2, 0.25) is 0 Å². The van der Waals surface area contributed by atoms with Crippen LogP contribution in [-0.2, 0) is 9.59 Å². The van der Waals surface area contributed by atoms with Gasteiger partial charge in [0.1, 0.15) is 0 Å². The van der Waals surface area contributed by atoms with Crippen molar-refractivity contribution in [2.75, 3.05) is 7.05 Å². The summed E-state index contributed by atoms with van der Waals surface area (Å²) in [5, 5.41) is 13.5. The Morgan fingerprint density at radius 3 is 2.33 bits per heavy atom. The van der Waals surface area contributed by atoms with Crippen LogP contribution in [0.4, 0.5) is 4.79 Å². The van der Waals surface area contributed by atoms with Gasteiger partial charge in [-0.15, -0.1) is 0 Å². The summed E-state index contributed by atoms with van der Waals surface area (Å²) in [7, 11) is 2.14. The molecule has 21 heavy (non-hydrogen) atoms. The van der Waals surface area contributed by atoms with Crippen LogP contribution in [0, 0.1) is 0 Å². The Morgan fingerprint density at radius 2 is 1.76 bits per heavy atom. The van der Waals surface area contributed by atoms with E-state index in [4.69, 9.17) is 5.11 Å². The molecular weight excluding hydrogens is 274 g/mol. The third kappa shape index (κ3) is 4.42. The summed E-state index contributed by atoms with van der Waals surface area (Å²) in [5.41, 5.74) is 0. The summed E-state index contributed by atoms with van der Waals surface area (Å²) in [6.07, 6.45) is 4.92. The molecule has 3 amide bonds. The normalized spacial score (nSPS) is 28.7. The maximum Gasteiger partial charge on any atom is 0.321 e. The van der Waals surface area contributed by atoms with E-state index in [9.17, 15) is 14.4 Å². The van der Waals surface area contributed by atoms with Crippen molar-refractivity contribution in [1.29, 1.82) is 0 Å². The monoisotopic (exact) mass is 297 g/mol. The van der Waals surface area contributed by atoms with Gasteiger partial charge in [-0.25, -0.2) is 4.79 Å². The lowest BCUT2D eigenvalue weighted by atomic mass is 9.82. The number of hydrogen-bond donors (Lipinski definition) is 3. The molecule has 3 N–H and O–H groups in total. The van der Waals surface area contributed by atoms with Crippen LogP contribution in [-0.4, -0.2) is 53.1 Å². The summed E-state index contributed by atoms with van der Waals surface area (Å²) in [6.45, 7) is 0. The SMILES string of the molecule is CN1C2CCCC1CC(NC(=O)NC(=O)CCC(=O)O)C2. The van der Waals surface area contributed by atoms with Crippen molar-refractivity contribution in [1.82, 2.24) is 15.5 Å². The van der Waals surface area contributed by atoms with Gasteiger partial charge in [0.25, 0.3) is 0 Å². The van der Waals surface area contributed by atoms with Crippen molar-refractivity contribution >= 4 is 17.9 Å². The minimum absolute atomic E-state index is 0.0868. The van der Waals surface area contributed by atoms with Gasteiger partial charge < -0.3 is 15.3 Å². The fourth-order valence-electron chi connectivity index (χ4n) is 3.36. The molecular formula is C14H23N3O4. The van der Waals surface area contributed by atoms with Gasteiger partial charge in [0.2, 0.25) is 5.91 Å². The number of nitrogens with one attached hydrogen (secondary N) is 2. The Bertz CT molecular complexity index is 412. The average Bonchev–Trinajstić information content (AvgIpc) is 2.37. The molecule has 2 saturated heterocycles. The van der Waals surface area contributed by atoms with Crippen LogP contribution in [0.15, 0.2) is 0 Å². The molecule has 0 spiro atoms. The van der Waals surface area contributed by atoms with Gasteiger partial charge in [-0.3, -0.25) is 14.9 Å². The quantitative estimate of drug-likeness (QED) is 0.709. The fraction of sp³-hybridized carbons (Fsp3) is 0.786. The summed E-state index contributed by atoms with van der Waals surface area (Å²) < 4.78 is 0. The second-order valence-electron chi connectivity index (χ2n) is 5.99. The number of carboxylic acid groups (broad SMARTS) is 1. The van der Waals surface area contributed by atoms with Gasteiger partial charge in [0.15, 0.2) is 0 Å². The molecule has 118 valence electrons. The first-order valence-electron chi connectivity index (χ1n) is 7.49. The molecule has 2 unspecified atom stereocenters. The van der Waals surface area contributed by atoms with Crippen LogP contribution in [0.3, 0.4) is 0 Å². The van der Waals surface area contributed by atoms with E-state index in [-0.39, 0.29) is 18.9 Å². The number of urea groups is 1.